The van der Waals surface area contributed by atoms with E-state index in [0.717, 1.165) is 6.42 Å². The molecule has 0 saturated carbocycles. The number of hydrogen-bond donors (Lipinski definition) is 1. The molecular formula is C17H22ClN5O3. The lowest BCUT2D eigenvalue weighted by molar-refractivity contribution is -0.384. The smallest absolute Gasteiger partial charge is 0.269 e. The van der Waals surface area contributed by atoms with Gasteiger partial charge in [-0.15, -0.1) is 12.4 Å². The summed E-state index contributed by atoms with van der Waals surface area (Å²) in [7, 11) is 0. The van der Waals surface area contributed by atoms with Crippen LogP contribution in [0.1, 0.15) is 30.6 Å². The molecule has 1 saturated heterocycles. The fourth-order valence-electron chi connectivity index (χ4n) is 3.03. The molecule has 9 heteroatoms. The molecule has 26 heavy (non-hydrogen) atoms. The topological polar surface area (TPSA) is 107 Å². The van der Waals surface area contributed by atoms with Crippen LogP contribution in [0, 0.1) is 15.5 Å². The number of nitrogens with zero attached hydrogens (tertiary/aromatic N) is 4. The van der Waals surface area contributed by atoms with Crippen molar-refractivity contribution in [1.82, 2.24) is 14.7 Å². The Morgan fingerprint density at radius 1 is 1.35 bits per heavy atom. The number of halogens is 1. The number of hydrogen-bond acceptors (Lipinski definition) is 5. The first kappa shape index (κ1) is 19.9. The van der Waals surface area contributed by atoms with Gasteiger partial charge in [0, 0.05) is 37.5 Å². The van der Waals surface area contributed by atoms with Gasteiger partial charge >= 0.3 is 0 Å². The molecule has 2 heterocycles. The van der Waals surface area contributed by atoms with Crippen LogP contribution in [-0.2, 0) is 0 Å². The molecule has 140 valence electrons. The van der Waals surface area contributed by atoms with Crippen molar-refractivity contribution in [3.05, 3.63) is 52.3 Å². The van der Waals surface area contributed by atoms with Crippen molar-refractivity contribution < 1.29 is 9.72 Å². The van der Waals surface area contributed by atoms with E-state index < -0.39 is 4.92 Å². The van der Waals surface area contributed by atoms with Gasteiger partial charge in [-0.3, -0.25) is 14.9 Å². The van der Waals surface area contributed by atoms with Crippen LogP contribution in [0.2, 0.25) is 0 Å². The third kappa shape index (κ3) is 3.86. The van der Waals surface area contributed by atoms with Crippen molar-refractivity contribution in [3.63, 3.8) is 0 Å². The fraction of sp³-hybridized carbons (Fsp3) is 0.412. The molecule has 1 aliphatic rings. The maximum atomic E-state index is 12.7. The first-order valence-electron chi connectivity index (χ1n) is 8.12. The highest BCUT2D eigenvalue weighted by atomic mass is 35.5. The maximum Gasteiger partial charge on any atom is 0.269 e. The van der Waals surface area contributed by atoms with Crippen molar-refractivity contribution in [3.8, 4) is 5.69 Å². The van der Waals surface area contributed by atoms with Crippen LogP contribution in [0.15, 0.2) is 36.7 Å². The molecule has 1 aromatic carbocycles. The molecule has 0 aliphatic carbocycles. The lowest BCUT2D eigenvalue weighted by Gasteiger charge is -2.42. The van der Waals surface area contributed by atoms with Crippen molar-refractivity contribution in [2.24, 2.45) is 11.1 Å². The standard InChI is InChI=1S/C17H21N5O3.ClH/c1-17(2)11-20(8-7-15(17)18)16(23)12-9-19-21(10-12)13-3-5-14(6-4-13)22(24)25;/h3-6,9-10,15H,7-8,11,18H2,1-2H3;1H. The van der Waals surface area contributed by atoms with Gasteiger partial charge in [0.15, 0.2) is 0 Å². The fourth-order valence-corrected chi connectivity index (χ4v) is 3.03. The zero-order chi connectivity index (χ0) is 18.2. The summed E-state index contributed by atoms with van der Waals surface area (Å²) < 4.78 is 1.54. The highest BCUT2D eigenvalue weighted by molar-refractivity contribution is 5.94. The quantitative estimate of drug-likeness (QED) is 0.650. The van der Waals surface area contributed by atoms with Gasteiger partial charge in [0.25, 0.3) is 11.6 Å². The van der Waals surface area contributed by atoms with E-state index in [0.29, 0.717) is 24.3 Å². The number of carbonyl (C=O) groups is 1. The Balaban J connectivity index is 0.00000243. The Kier molecular flexibility index (Phi) is 5.68. The number of benzene rings is 1. The highest BCUT2D eigenvalue weighted by Gasteiger charge is 2.35. The van der Waals surface area contributed by atoms with Crippen molar-refractivity contribution >= 4 is 24.0 Å². The van der Waals surface area contributed by atoms with Crippen LogP contribution in [0.25, 0.3) is 5.69 Å². The number of nitrogens with two attached hydrogens (primary N) is 1. The van der Waals surface area contributed by atoms with E-state index in [-0.39, 0.29) is 35.5 Å². The molecule has 3 rings (SSSR count). The summed E-state index contributed by atoms with van der Waals surface area (Å²) in [5.74, 6) is -0.0758. The van der Waals surface area contributed by atoms with E-state index >= 15 is 0 Å². The summed E-state index contributed by atoms with van der Waals surface area (Å²) in [5.41, 5.74) is 7.16. The van der Waals surface area contributed by atoms with Crippen LogP contribution in [0.5, 0.6) is 0 Å². The Bertz CT molecular complexity index is 803. The third-order valence-corrected chi connectivity index (χ3v) is 4.75. The number of aromatic nitrogens is 2. The SMILES string of the molecule is CC1(C)CN(C(=O)c2cnn(-c3ccc([N+](=O)[O-])cc3)c2)CCC1N.Cl. The lowest BCUT2D eigenvalue weighted by Crippen LogP contribution is -2.53. The molecule has 1 unspecified atom stereocenters. The summed E-state index contributed by atoms with van der Waals surface area (Å²) >= 11 is 0. The highest BCUT2D eigenvalue weighted by Crippen LogP contribution is 2.28. The molecule has 8 nitrogen and oxygen atoms in total. The number of piperidine rings is 1. The van der Waals surface area contributed by atoms with E-state index in [1.165, 1.54) is 23.0 Å². The molecule has 1 atom stereocenters. The van der Waals surface area contributed by atoms with E-state index in [2.05, 4.69) is 18.9 Å². The number of non-ortho nitro benzene ring substituents is 1. The summed E-state index contributed by atoms with van der Waals surface area (Å²) in [6.45, 7) is 5.37. The molecule has 0 radical (unpaired) electrons. The minimum Gasteiger partial charge on any atom is -0.338 e. The Hall–Kier alpha value is -2.45. The minimum atomic E-state index is -0.454. The van der Waals surface area contributed by atoms with E-state index in [1.807, 2.05) is 0 Å². The summed E-state index contributed by atoms with van der Waals surface area (Å²) in [5, 5.41) is 14.9. The number of nitro groups is 1. The first-order valence-corrected chi connectivity index (χ1v) is 8.12. The average molecular weight is 380 g/mol. The number of amides is 1. The van der Waals surface area contributed by atoms with Crippen LogP contribution >= 0.6 is 12.4 Å². The van der Waals surface area contributed by atoms with Crippen molar-refractivity contribution in [2.75, 3.05) is 13.1 Å². The summed E-state index contributed by atoms with van der Waals surface area (Å²) in [6.07, 6.45) is 3.94. The molecule has 2 aromatic rings. The van der Waals surface area contributed by atoms with Crippen molar-refractivity contribution in [1.29, 1.82) is 0 Å². The van der Waals surface area contributed by atoms with Gasteiger partial charge in [-0.2, -0.15) is 5.10 Å². The average Bonchev–Trinajstić information content (AvgIpc) is 3.06. The van der Waals surface area contributed by atoms with Crippen LogP contribution in [0.4, 0.5) is 5.69 Å². The monoisotopic (exact) mass is 379 g/mol. The van der Waals surface area contributed by atoms with Gasteiger partial charge in [0.2, 0.25) is 0 Å². The number of nitro benzene ring substituents is 1. The van der Waals surface area contributed by atoms with E-state index in [1.54, 1.807) is 23.2 Å². The van der Waals surface area contributed by atoms with Gasteiger partial charge in [0.05, 0.1) is 22.4 Å². The first-order chi connectivity index (χ1) is 11.8. The lowest BCUT2D eigenvalue weighted by atomic mass is 9.79. The van der Waals surface area contributed by atoms with Crippen molar-refractivity contribution in [2.45, 2.75) is 26.3 Å². The second-order valence-electron chi connectivity index (χ2n) is 7.06. The largest absolute Gasteiger partial charge is 0.338 e. The molecule has 0 bridgehead atoms. The zero-order valence-corrected chi connectivity index (χ0v) is 15.5. The van der Waals surface area contributed by atoms with E-state index in [4.69, 9.17) is 5.73 Å². The number of likely N-dealkylation sites (tertiary alicyclic amines) is 1. The Morgan fingerprint density at radius 2 is 2.00 bits per heavy atom. The number of rotatable bonds is 3. The van der Waals surface area contributed by atoms with Crippen LogP contribution in [0.3, 0.4) is 0 Å². The predicted octanol–water partition coefficient (Wildman–Crippen LogP) is 2.40. The minimum absolute atomic E-state index is 0. The second-order valence-corrected chi connectivity index (χ2v) is 7.06. The third-order valence-electron chi connectivity index (χ3n) is 4.75. The Morgan fingerprint density at radius 3 is 2.58 bits per heavy atom. The van der Waals surface area contributed by atoms with Gasteiger partial charge in [-0.05, 0) is 24.0 Å². The zero-order valence-electron chi connectivity index (χ0n) is 14.7. The number of carbonyl (C=O) groups excluding carboxylic acids is 1. The molecule has 2 N–H and O–H groups in total. The molecule has 1 aromatic heterocycles. The second kappa shape index (κ2) is 7.43. The summed E-state index contributed by atoms with van der Waals surface area (Å²) in [6, 6.07) is 6.10. The van der Waals surface area contributed by atoms with Crippen LogP contribution in [-0.4, -0.2) is 44.6 Å². The molecule has 0 spiro atoms. The molecule has 1 fully saturated rings. The van der Waals surface area contributed by atoms with Gasteiger partial charge in [-0.1, -0.05) is 13.8 Å². The van der Waals surface area contributed by atoms with Gasteiger partial charge in [0.1, 0.15) is 0 Å². The van der Waals surface area contributed by atoms with Crippen LogP contribution < -0.4 is 5.73 Å². The molecule has 1 amide bonds. The van der Waals surface area contributed by atoms with Gasteiger partial charge in [-0.25, -0.2) is 4.68 Å². The molecule has 1 aliphatic heterocycles. The normalized spacial score (nSPS) is 18.9. The maximum absolute atomic E-state index is 12.7. The summed E-state index contributed by atoms with van der Waals surface area (Å²) in [4.78, 5) is 24.8. The predicted molar refractivity (Wildman–Crippen MR) is 99.7 cm³/mol. The van der Waals surface area contributed by atoms with E-state index in [9.17, 15) is 14.9 Å². The van der Waals surface area contributed by atoms with Gasteiger partial charge < -0.3 is 10.6 Å². The Labute approximate surface area is 157 Å². The molecular weight excluding hydrogens is 358 g/mol.